The summed E-state index contributed by atoms with van der Waals surface area (Å²) in [6, 6.07) is 5.68. The van der Waals surface area contributed by atoms with Gasteiger partial charge in [-0.3, -0.25) is 0 Å². The Morgan fingerprint density at radius 2 is 1.95 bits per heavy atom. The average Bonchev–Trinajstić information content (AvgIpc) is 2.42. The normalized spacial score (nSPS) is 11.3. The van der Waals surface area contributed by atoms with Crippen LogP contribution in [0, 0.1) is 0 Å². The fourth-order valence-corrected chi connectivity index (χ4v) is 2.22. The van der Waals surface area contributed by atoms with Crippen molar-refractivity contribution in [3.8, 4) is 17.4 Å². The van der Waals surface area contributed by atoms with Crippen molar-refractivity contribution < 1.29 is 9.47 Å². The van der Waals surface area contributed by atoms with Crippen molar-refractivity contribution in [2.45, 2.75) is 26.2 Å². The van der Waals surface area contributed by atoms with Crippen molar-refractivity contribution in [3.63, 3.8) is 0 Å². The molecule has 0 aliphatic carbocycles. The predicted molar refractivity (Wildman–Crippen MR) is 86.5 cm³/mol. The van der Waals surface area contributed by atoms with Crippen LogP contribution in [-0.2, 0) is 5.41 Å². The van der Waals surface area contributed by atoms with E-state index in [9.17, 15) is 0 Å². The van der Waals surface area contributed by atoms with Gasteiger partial charge in [0.2, 0.25) is 11.2 Å². The molecule has 0 amide bonds. The largest absolute Gasteiger partial charge is 0.497 e. The fourth-order valence-electron chi connectivity index (χ4n) is 1.82. The monoisotopic (exact) mass is 370 g/mol. The van der Waals surface area contributed by atoms with E-state index in [1.807, 2.05) is 18.2 Å². The lowest BCUT2D eigenvalue weighted by atomic mass is 9.86. The molecule has 0 bridgehead atoms. The molecule has 1 aromatic heterocycles. The lowest BCUT2D eigenvalue weighted by Gasteiger charge is -2.23. The Hall–Kier alpha value is -1.33. The van der Waals surface area contributed by atoms with E-state index in [4.69, 9.17) is 21.1 Å². The van der Waals surface area contributed by atoms with Crippen molar-refractivity contribution in [1.29, 1.82) is 0 Å². The zero-order valence-corrected chi connectivity index (χ0v) is 14.6. The van der Waals surface area contributed by atoms with E-state index in [0.29, 0.717) is 16.1 Å². The molecule has 0 saturated heterocycles. The van der Waals surface area contributed by atoms with Crippen LogP contribution in [0.5, 0.6) is 17.4 Å². The van der Waals surface area contributed by atoms with E-state index in [1.165, 1.54) is 0 Å². The second kappa shape index (κ2) is 6.20. The van der Waals surface area contributed by atoms with E-state index < -0.39 is 0 Å². The third kappa shape index (κ3) is 3.86. The van der Waals surface area contributed by atoms with Crippen LogP contribution >= 0.6 is 27.5 Å². The first-order valence-electron chi connectivity index (χ1n) is 6.35. The topological polar surface area (TPSA) is 44.2 Å². The molecular formula is C15H16BrClN2O2. The van der Waals surface area contributed by atoms with Gasteiger partial charge in [-0.15, -0.1) is 0 Å². The standard InChI is InChI=1S/C15H16BrClN2O2/c1-15(2,3)10-7-9(20-4)5-6-12(10)21-13-11(16)8-18-14(17)19-13/h5-8H,1-4H3. The molecule has 0 N–H and O–H groups in total. The third-order valence-corrected chi connectivity index (χ3v) is 3.61. The van der Waals surface area contributed by atoms with E-state index >= 15 is 0 Å². The van der Waals surface area contributed by atoms with Crippen molar-refractivity contribution in [2.75, 3.05) is 7.11 Å². The van der Waals surface area contributed by atoms with Crippen LogP contribution in [0.2, 0.25) is 5.28 Å². The molecule has 0 radical (unpaired) electrons. The Balaban J connectivity index is 2.46. The Bertz CT molecular complexity index is 657. The van der Waals surface area contributed by atoms with Gasteiger partial charge < -0.3 is 9.47 Å². The van der Waals surface area contributed by atoms with E-state index in [0.717, 1.165) is 11.3 Å². The molecule has 0 atom stereocenters. The molecule has 1 aromatic carbocycles. The van der Waals surface area contributed by atoms with Gasteiger partial charge in [-0.1, -0.05) is 20.8 Å². The number of methoxy groups -OCH3 is 1. The lowest BCUT2D eigenvalue weighted by Crippen LogP contribution is -2.13. The van der Waals surface area contributed by atoms with Crippen molar-refractivity contribution >= 4 is 27.5 Å². The first-order chi connectivity index (χ1) is 9.81. The number of nitrogens with zero attached hydrogens (tertiary/aromatic N) is 2. The van der Waals surface area contributed by atoms with Gasteiger partial charge in [0.25, 0.3) is 0 Å². The minimum atomic E-state index is -0.104. The summed E-state index contributed by atoms with van der Waals surface area (Å²) in [4.78, 5) is 7.97. The van der Waals surface area contributed by atoms with Gasteiger partial charge >= 0.3 is 0 Å². The number of hydrogen-bond acceptors (Lipinski definition) is 4. The maximum atomic E-state index is 5.91. The van der Waals surface area contributed by atoms with Crippen molar-refractivity contribution in [1.82, 2.24) is 9.97 Å². The molecule has 0 fully saturated rings. The Labute approximate surface area is 137 Å². The molecule has 0 aliphatic rings. The molecule has 0 spiro atoms. The van der Waals surface area contributed by atoms with Gasteiger partial charge in [-0.05, 0) is 51.1 Å². The number of rotatable bonds is 3. The molecule has 0 aliphatic heterocycles. The van der Waals surface area contributed by atoms with Crippen molar-refractivity contribution in [2.24, 2.45) is 0 Å². The summed E-state index contributed by atoms with van der Waals surface area (Å²) in [6.45, 7) is 6.32. The summed E-state index contributed by atoms with van der Waals surface area (Å²) in [5.74, 6) is 1.87. The third-order valence-electron chi connectivity index (χ3n) is 2.88. The Kier molecular flexibility index (Phi) is 4.74. The maximum absolute atomic E-state index is 5.91. The molecule has 2 rings (SSSR count). The predicted octanol–water partition coefficient (Wildman–Crippen LogP) is 4.99. The van der Waals surface area contributed by atoms with E-state index in [1.54, 1.807) is 13.3 Å². The molecule has 4 nitrogen and oxygen atoms in total. The highest BCUT2D eigenvalue weighted by Gasteiger charge is 2.21. The van der Waals surface area contributed by atoms with Crippen molar-refractivity contribution in [3.05, 3.63) is 39.7 Å². The van der Waals surface area contributed by atoms with Gasteiger partial charge in [0, 0.05) is 11.8 Å². The summed E-state index contributed by atoms with van der Waals surface area (Å²) >= 11 is 9.18. The highest BCUT2D eigenvalue weighted by molar-refractivity contribution is 9.10. The zero-order valence-electron chi connectivity index (χ0n) is 12.3. The van der Waals surface area contributed by atoms with Crippen LogP contribution in [0.15, 0.2) is 28.9 Å². The first-order valence-corrected chi connectivity index (χ1v) is 7.53. The van der Waals surface area contributed by atoms with Crippen LogP contribution in [0.4, 0.5) is 0 Å². The molecule has 2 aromatic rings. The SMILES string of the molecule is COc1ccc(Oc2nc(Cl)ncc2Br)c(C(C)(C)C)c1. The van der Waals surface area contributed by atoms with Gasteiger partial charge in [0.15, 0.2) is 0 Å². The van der Waals surface area contributed by atoms with Gasteiger partial charge in [-0.25, -0.2) is 4.98 Å². The summed E-state index contributed by atoms with van der Waals surface area (Å²) in [5, 5.41) is 0.138. The molecule has 112 valence electrons. The zero-order chi connectivity index (χ0) is 15.6. The average molecular weight is 372 g/mol. The van der Waals surface area contributed by atoms with Crippen LogP contribution in [0.3, 0.4) is 0 Å². The minimum absolute atomic E-state index is 0.104. The highest BCUT2D eigenvalue weighted by Crippen LogP contribution is 2.37. The van der Waals surface area contributed by atoms with Crippen LogP contribution < -0.4 is 9.47 Å². The van der Waals surface area contributed by atoms with Crippen LogP contribution in [-0.4, -0.2) is 17.1 Å². The molecule has 0 unspecified atom stereocenters. The minimum Gasteiger partial charge on any atom is -0.497 e. The highest BCUT2D eigenvalue weighted by atomic mass is 79.9. The molecule has 1 heterocycles. The van der Waals surface area contributed by atoms with Crippen LogP contribution in [0.25, 0.3) is 0 Å². The first kappa shape index (κ1) is 16.0. The Morgan fingerprint density at radius 1 is 1.24 bits per heavy atom. The quantitative estimate of drug-likeness (QED) is 0.713. The maximum Gasteiger partial charge on any atom is 0.237 e. The number of ether oxygens (including phenoxy) is 2. The number of benzene rings is 1. The molecule has 6 heteroatoms. The van der Waals surface area contributed by atoms with Gasteiger partial charge in [-0.2, -0.15) is 4.98 Å². The van der Waals surface area contributed by atoms with E-state index in [2.05, 4.69) is 46.7 Å². The smallest absolute Gasteiger partial charge is 0.237 e. The number of halogens is 2. The second-order valence-corrected chi connectivity index (χ2v) is 6.70. The van der Waals surface area contributed by atoms with Crippen LogP contribution in [0.1, 0.15) is 26.3 Å². The summed E-state index contributed by atoms with van der Waals surface area (Å²) < 4.78 is 11.8. The van der Waals surface area contributed by atoms with Gasteiger partial charge in [0.05, 0.1) is 11.6 Å². The molecule has 21 heavy (non-hydrogen) atoms. The van der Waals surface area contributed by atoms with E-state index in [-0.39, 0.29) is 10.7 Å². The molecule has 0 saturated carbocycles. The number of hydrogen-bond donors (Lipinski definition) is 0. The summed E-state index contributed by atoms with van der Waals surface area (Å²) in [5.41, 5.74) is 0.913. The summed E-state index contributed by atoms with van der Waals surface area (Å²) in [6.07, 6.45) is 1.56. The number of aromatic nitrogens is 2. The van der Waals surface area contributed by atoms with Gasteiger partial charge in [0.1, 0.15) is 11.5 Å². The summed E-state index contributed by atoms with van der Waals surface area (Å²) in [7, 11) is 1.64. The Morgan fingerprint density at radius 3 is 2.57 bits per heavy atom. The molecular weight excluding hydrogens is 356 g/mol. The fraction of sp³-hybridized carbons (Fsp3) is 0.333. The second-order valence-electron chi connectivity index (χ2n) is 5.51. The lowest BCUT2D eigenvalue weighted by molar-refractivity contribution is 0.404.